The number of benzene rings is 1. The summed E-state index contributed by atoms with van der Waals surface area (Å²) in [6.45, 7) is 1.62. The average molecular weight is 397 g/mol. The Balaban J connectivity index is 1.33. The zero-order valence-corrected chi connectivity index (χ0v) is 16.0. The molecule has 2 aromatic rings. The van der Waals surface area contributed by atoms with Gasteiger partial charge in [0.1, 0.15) is 6.54 Å². The van der Waals surface area contributed by atoms with Crippen molar-refractivity contribution in [3.8, 4) is 0 Å². The van der Waals surface area contributed by atoms with Gasteiger partial charge in [0.25, 0.3) is 5.91 Å². The Labute approximate surface area is 168 Å². The molecule has 9 nitrogen and oxygen atoms in total. The van der Waals surface area contributed by atoms with Crippen molar-refractivity contribution >= 4 is 23.7 Å². The minimum absolute atomic E-state index is 0.183. The molecule has 1 aliphatic rings. The number of aromatic nitrogens is 2. The van der Waals surface area contributed by atoms with E-state index in [4.69, 9.17) is 4.74 Å². The number of nitrogens with one attached hydrogen (secondary N) is 1. The van der Waals surface area contributed by atoms with E-state index in [9.17, 15) is 14.4 Å². The van der Waals surface area contributed by atoms with Gasteiger partial charge in [0, 0.05) is 38.6 Å². The molecule has 0 unspecified atom stereocenters. The molecule has 29 heavy (non-hydrogen) atoms. The molecule has 3 rings (SSSR count). The molecule has 0 atom stereocenters. The number of anilines is 1. The fraction of sp³-hybridized carbons (Fsp3) is 0.350. The topological polar surface area (TPSA) is 105 Å². The van der Waals surface area contributed by atoms with Gasteiger partial charge in [0.2, 0.25) is 11.9 Å². The van der Waals surface area contributed by atoms with Crippen molar-refractivity contribution in [3.05, 3.63) is 54.4 Å². The van der Waals surface area contributed by atoms with Crippen LogP contribution in [0.4, 0.5) is 5.95 Å². The first-order chi connectivity index (χ1) is 14.1. The standard InChI is InChI=1S/C20H23N5O4/c26-17(13-16-5-2-1-3-6-16)23-14-19(28)29-15-18(27)24-9-11-25(12-10-24)20-21-7-4-8-22-20/h1-8H,9-15H2,(H,23,26). The summed E-state index contributed by atoms with van der Waals surface area (Å²) in [6.07, 6.45) is 3.54. The lowest BCUT2D eigenvalue weighted by Gasteiger charge is -2.34. The predicted molar refractivity (Wildman–Crippen MR) is 105 cm³/mol. The first-order valence-corrected chi connectivity index (χ1v) is 9.38. The molecular weight excluding hydrogens is 374 g/mol. The van der Waals surface area contributed by atoms with Gasteiger partial charge in [-0.05, 0) is 11.6 Å². The van der Waals surface area contributed by atoms with E-state index in [-0.39, 0.29) is 31.4 Å². The van der Waals surface area contributed by atoms with E-state index in [0.29, 0.717) is 32.1 Å². The fourth-order valence-electron chi connectivity index (χ4n) is 2.91. The highest BCUT2D eigenvalue weighted by Crippen LogP contribution is 2.09. The Morgan fingerprint density at radius 2 is 1.66 bits per heavy atom. The molecule has 0 bridgehead atoms. The number of piperazine rings is 1. The number of hydrogen-bond acceptors (Lipinski definition) is 7. The molecule has 0 aliphatic carbocycles. The van der Waals surface area contributed by atoms with Crippen LogP contribution in [-0.2, 0) is 25.5 Å². The molecule has 1 saturated heterocycles. The number of hydrogen-bond donors (Lipinski definition) is 1. The van der Waals surface area contributed by atoms with Crippen molar-refractivity contribution < 1.29 is 19.1 Å². The largest absolute Gasteiger partial charge is 0.454 e. The Hall–Kier alpha value is -3.49. The van der Waals surface area contributed by atoms with Gasteiger partial charge in [-0.2, -0.15) is 0 Å². The molecule has 2 amide bonds. The van der Waals surface area contributed by atoms with E-state index in [1.54, 1.807) is 23.4 Å². The lowest BCUT2D eigenvalue weighted by atomic mass is 10.1. The van der Waals surface area contributed by atoms with Gasteiger partial charge in [0.05, 0.1) is 6.42 Å². The number of nitrogens with zero attached hydrogens (tertiary/aromatic N) is 4. The molecule has 2 heterocycles. The molecule has 9 heteroatoms. The van der Waals surface area contributed by atoms with Crippen LogP contribution in [0, 0.1) is 0 Å². The van der Waals surface area contributed by atoms with E-state index in [2.05, 4.69) is 15.3 Å². The predicted octanol–water partition coefficient (Wildman–Crippen LogP) is 0.0273. The molecule has 1 aromatic carbocycles. The third-order valence-corrected chi connectivity index (χ3v) is 4.46. The number of amides is 2. The van der Waals surface area contributed by atoms with Crippen LogP contribution in [0.2, 0.25) is 0 Å². The number of esters is 1. The minimum atomic E-state index is -0.643. The molecule has 1 fully saturated rings. The summed E-state index contributed by atoms with van der Waals surface area (Å²) in [6, 6.07) is 11.0. The van der Waals surface area contributed by atoms with Crippen LogP contribution < -0.4 is 10.2 Å². The van der Waals surface area contributed by atoms with Crippen LogP contribution >= 0.6 is 0 Å². The van der Waals surface area contributed by atoms with E-state index < -0.39 is 5.97 Å². The van der Waals surface area contributed by atoms with Crippen molar-refractivity contribution in [1.29, 1.82) is 0 Å². The van der Waals surface area contributed by atoms with Gasteiger partial charge in [-0.25, -0.2) is 9.97 Å². The highest BCUT2D eigenvalue weighted by atomic mass is 16.5. The zero-order valence-electron chi connectivity index (χ0n) is 16.0. The summed E-state index contributed by atoms with van der Waals surface area (Å²) < 4.78 is 4.99. The summed E-state index contributed by atoms with van der Waals surface area (Å²) in [5, 5.41) is 2.50. The highest BCUT2D eigenvalue weighted by molar-refractivity contribution is 5.85. The first kappa shape index (κ1) is 20.2. The van der Waals surface area contributed by atoms with Crippen LogP contribution in [0.1, 0.15) is 5.56 Å². The molecule has 1 aliphatic heterocycles. The van der Waals surface area contributed by atoms with Crippen LogP contribution in [-0.4, -0.2) is 72.0 Å². The molecule has 0 saturated carbocycles. The maximum atomic E-state index is 12.2. The van der Waals surface area contributed by atoms with Gasteiger partial charge >= 0.3 is 5.97 Å². The summed E-state index contributed by atoms with van der Waals surface area (Å²) in [5.41, 5.74) is 0.855. The maximum Gasteiger partial charge on any atom is 0.325 e. The van der Waals surface area contributed by atoms with Crippen LogP contribution in [0.3, 0.4) is 0 Å². The van der Waals surface area contributed by atoms with Gasteiger partial charge in [-0.15, -0.1) is 0 Å². The smallest absolute Gasteiger partial charge is 0.325 e. The number of carbonyl (C=O) groups excluding carboxylic acids is 3. The minimum Gasteiger partial charge on any atom is -0.454 e. The number of ether oxygens (including phenoxy) is 1. The second-order valence-corrected chi connectivity index (χ2v) is 6.52. The summed E-state index contributed by atoms with van der Waals surface area (Å²) in [4.78, 5) is 47.9. The lowest BCUT2D eigenvalue weighted by Crippen LogP contribution is -2.50. The summed E-state index contributed by atoms with van der Waals surface area (Å²) in [7, 11) is 0. The second-order valence-electron chi connectivity index (χ2n) is 6.52. The van der Waals surface area contributed by atoms with Crippen molar-refractivity contribution in [2.24, 2.45) is 0 Å². The molecule has 1 aromatic heterocycles. The number of rotatable bonds is 7. The quantitative estimate of drug-likeness (QED) is 0.657. The molecular formula is C20H23N5O4. The average Bonchev–Trinajstić information content (AvgIpc) is 2.77. The summed E-state index contributed by atoms with van der Waals surface area (Å²) >= 11 is 0. The first-order valence-electron chi connectivity index (χ1n) is 9.38. The molecule has 1 N–H and O–H groups in total. The Morgan fingerprint density at radius 1 is 0.966 bits per heavy atom. The highest BCUT2D eigenvalue weighted by Gasteiger charge is 2.23. The van der Waals surface area contributed by atoms with E-state index in [0.717, 1.165) is 5.56 Å². The van der Waals surface area contributed by atoms with E-state index >= 15 is 0 Å². The number of carbonyl (C=O) groups is 3. The second kappa shape index (κ2) is 10.2. The Kier molecular flexibility index (Phi) is 7.10. The molecule has 0 spiro atoms. The third kappa shape index (κ3) is 6.27. The van der Waals surface area contributed by atoms with E-state index in [1.807, 2.05) is 35.2 Å². The van der Waals surface area contributed by atoms with Crippen molar-refractivity contribution in [2.75, 3.05) is 44.2 Å². The van der Waals surface area contributed by atoms with Crippen molar-refractivity contribution in [3.63, 3.8) is 0 Å². The molecule has 152 valence electrons. The zero-order chi connectivity index (χ0) is 20.5. The van der Waals surface area contributed by atoms with Crippen molar-refractivity contribution in [1.82, 2.24) is 20.2 Å². The lowest BCUT2D eigenvalue weighted by molar-refractivity contribution is -0.151. The van der Waals surface area contributed by atoms with Gasteiger partial charge in [-0.3, -0.25) is 14.4 Å². The third-order valence-electron chi connectivity index (χ3n) is 4.46. The van der Waals surface area contributed by atoms with Gasteiger partial charge < -0.3 is 19.9 Å². The van der Waals surface area contributed by atoms with Crippen LogP contribution in [0.15, 0.2) is 48.8 Å². The van der Waals surface area contributed by atoms with E-state index in [1.165, 1.54) is 0 Å². The maximum absolute atomic E-state index is 12.2. The normalized spacial score (nSPS) is 13.7. The monoisotopic (exact) mass is 397 g/mol. The van der Waals surface area contributed by atoms with Gasteiger partial charge in [-0.1, -0.05) is 30.3 Å². The van der Waals surface area contributed by atoms with Crippen LogP contribution in [0.25, 0.3) is 0 Å². The Morgan fingerprint density at radius 3 is 2.34 bits per heavy atom. The summed E-state index contributed by atoms with van der Waals surface area (Å²) in [5.74, 6) is -0.547. The van der Waals surface area contributed by atoms with Crippen molar-refractivity contribution in [2.45, 2.75) is 6.42 Å². The fourth-order valence-corrected chi connectivity index (χ4v) is 2.91. The van der Waals surface area contributed by atoms with Gasteiger partial charge in [0.15, 0.2) is 6.61 Å². The molecule has 0 radical (unpaired) electrons. The SMILES string of the molecule is O=C(Cc1ccccc1)NCC(=O)OCC(=O)N1CCN(c2ncccn2)CC1. The Bertz CT molecular complexity index is 823. The van der Waals surface area contributed by atoms with Crippen LogP contribution in [0.5, 0.6) is 0 Å².